The molecular weight excluding hydrogens is 460 g/mol. The standard InChI is InChI=1S/C26H28N6O4/c33-23-10-9-20(30-23)24(34)31-21(13-19-14-27-15-28-19)26(36)32-11-3-6-22(32)25(35)29-18-8-7-16-4-1-2-5-17(16)12-18/h1-2,4-5,7-8,12,14-15,20-22H,3,6,9-11,13H2,(H,27,28)(H,29,35)(H,30,33)(H,31,34)/t20-,21-,22-/m0/s1. The molecule has 3 aromatic rings. The van der Waals surface area contributed by atoms with Crippen molar-refractivity contribution in [1.29, 1.82) is 0 Å². The summed E-state index contributed by atoms with van der Waals surface area (Å²) in [6.45, 7) is 0.421. The van der Waals surface area contributed by atoms with Gasteiger partial charge in [-0.25, -0.2) is 4.98 Å². The van der Waals surface area contributed by atoms with Gasteiger partial charge in [-0.1, -0.05) is 30.3 Å². The molecule has 1 aromatic heterocycles. The summed E-state index contributed by atoms with van der Waals surface area (Å²) >= 11 is 0. The van der Waals surface area contributed by atoms with Gasteiger partial charge in [0, 0.05) is 37.0 Å². The van der Waals surface area contributed by atoms with Crippen molar-refractivity contribution >= 4 is 40.1 Å². The molecule has 10 nitrogen and oxygen atoms in total. The third kappa shape index (κ3) is 5.07. The second-order valence-electron chi connectivity index (χ2n) is 9.24. The zero-order valence-corrected chi connectivity index (χ0v) is 19.7. The molecule has 2 aliphatic rings. The number of H-pyrrole nitrogens is 1. The summed E-state index contributed by atoms with van der Waals surface area (Å²) in [6, 6.07) is 11.4. The van der Waals surface area contributed by atoms with Gasteiger partial charge in [0.25, 0.3) is 0 Å². The van der Waals surface area contributed by atoms with Gasteiger partial charge in [0.15, 0.2) is 0 Å². The summed E-state index contributed by atoms with van der Waals surface area (Å²) in [5.74, 6) is -1.18. The van der Waals surface area contributed by atoms with E-state index in [-0.39, 0.29) is 30.6 Å². The van der Waals surface area contributed by atoms with Crippen LogP contribution in [-0.2, 0) is 25.6 Å². The first kappa shape index (κ1) is 23.5. The van der Waals surface area contributed by atoms with E-state index >= 15 is 0 Å². The Bertz CT molecular complexity index is 1290. The zero-order chi connectivity index (χ0) is 25.1. The van der Waals surface area contributed by atoms with Crippen LogP contribution in [0.1, 0.15) is 31.4 Å². The number of imidazole rings is 1. The predicted octanol–water partition coefficient (Wildman–Crippen LogP) is 1.50. The number of amides is 4. The minimum Gasteiger partial charge on any atom is -0.348 e. The number of fused-ring (bicyclic) bond motifs is 1. The van der Waals surface area contributed by atoms with Crippen LogP contribution in [0.5, 0.6) is 0 Å². The van der Waals surface area contributed by atoms with Crippen LogP contribution in [0.3, 0.4) is 0 Å². The molecule has 3 heterocycles. The Morgan fingerprint density at radius 2 is 1.92 bits per heavy atom. The van der Waals surface area contributed by atoms with Gasteiger partial charge >= 0.3 is 0 Å². The fourth-order valence-electron chi connectivity index (χ4n) is 4.90. The van der Waals surface area contributed by atoms with Gasteiger partial charge < -0.3 is 25.8 Å². The first-order valence-electron chi connectivity index (χ1n) is 12.1. The maximum atomic E-state index is 13.6. The molecule has 4 N–H and O–H groups in total. The van der Waals surface area contributed by atoms with E-state index in [0.29, 0.717) is 37.2 Å². The number of rotatable bonds is 7. The van der Waals surface area contributed by atoms with Crippen LogP contribution in [0, 0.1) is 0 Å². The topological polar surface area (TPSA) is 136 Å². The van der Waals surface area contributed by atoms with E-state index < -0.39 is 24.0 Å². The fraction of sp³-hybridized carbons (Fsp3) is 0.346. The molecule has 4 amide bonds. The highest BCUT2D eigenvalue weighted by molar-refractivity contribution is 6.00. The lowest BCUT2D eigenvalue weighted by molar-refractivity contribution is -0.140. The van der Waals surface area contributed by atoms with Gasteiger partial charge in [-0.15, -0.1) is 0 Å². The number of carbonyl (C=O) groups is 4. The van der Waals surface area contributed by atoms with Crippen molar-refractivity contribution in [2.45, 2.75) is 50.2 Å². The zero-order valence-electron chi connectivity index (χ0n) is 19.7. The molecular formula is C26H28N6O4. The van der Waals surface area contributed by atoms with Gasteiger partial charge in [-0.2, -0.15) is 0 Å². The lowest BCUT2D eigenvalue weighted by Crippen LogP contribution is -2.55. The Morgan fingerprint density at radius 3 is 2.67 bits per heavy atom. The van der Waals surface area contributed by atoms with E-state index in [0.717, 1.165) is 10.8 Å². The summed E-state index contributed by atoms with van der Waals surface area (Å²) < 4.78 is 0. The van der Waals surface area contributed by atoms with Gasteiger partial charge in [0.05, 0.1) is 6.33 Å². The number of likely N-dealkylation sites (tertiary alicyclic amines) is 1. The van der Waals surface area contributed by atoms with Crippen molar-refractivity contribution in [3.8, 4) is 0 Å². The number of aromatic amines is 1. The first-order chi connectivity index (χ1) is 17.5. The summed E-state index contributed by atoms with van der Waals surface area (Å²) in [6.07, 6.45) is 5.18. The predicted molar refractivity (Wildman–Crippen MR) is 133 cm³/mol. The van der Waals surface area contributed by atoms with E-state index in [2.05, 4.69) is 25.9 Å². The molecule has 2 saturated heterocycles. The Morgan fingerprint density at radius 1 is 1.08 bits per heavy atom. The van der Waals surface area contributed by atoms with Crippen molar-refractivity contribution in [2.75, 3.05) is 11.9 Å². The van der Waals surface area contributed by atoms with Crippen LogP contribution in [0.2, 0.25) is 0 Å². The molecule has 186 valence electrons. The average Bonchev–Trinajstić information content (AvgIpc) is 3.65. The highest BCUT2D eigenvalue weighted by Crippen LogP contribution is 2.23. The molecule has 0 radical (unpaired) electrons. The summed E-state index contributed by atoms with van der Waals surface area (Å²) in [5.41, 5.74) is 1.35. The van der Waals surface area contributed by atoms with Crippen LogP contribution < -0.4 is 16.0 Å². The summed E-state index contributed by atoms with van der Waals surface area (Å²) in [7, 11) is 0. The minimum atomic E-state index is -0.899. The normalized spacial score (nSPS) is 20.2. The van der Waals surface area contributed by atoms with Crippen LogP contribution in [-0.4, -0.2) is 63.2 Å². The molecule has 0 aliphatic carbocycles. The quantitative estimate of drug-likeness (QED) is 0.400. The van der Waals surface area contributed by atoms with E-state index in [9.17, 15) is 19.2 Å². The highest BCUT2D eigenvalue weighted by Gasteiger charge is 2.39. The number of hydrogen-bond donors (Lipinski definition) is 4. The lowest BCUT2D eigenvalue weighted by atomic mass is 10.1. The average molecular weight is 489 g/mol. The molecule has 10 heteroatoms. The molecule has 2 aromatic carbocycles. The number of anilines is 1. The molecule has 5 rings (SSSR count). The molecule has 2 aliphatic heterocycles. The second kappa shape index (κ2) is 10.2. The van der Waals surface area contributed by atoms with Crippen molar-refractivity contribution in [3.05, 3.63) is 60.7 Å². The van der Waals surface area contributed by atoms with Crippen molar-refractivity contribution in [1.82, 2.24) is 25.5 Å². The van der Waals surface area contributed by atoms with Gasteiger partial charge in [-0.3, -0.25) is 19.2 Å². The third-order valence-electron chi connectivity index (χ3n) is 6.76. The monoisotopic (exact) mass is 488 g/mol. The van der Waals surface area contributed by atoms with Gasteiger partial charge in [0.1, 0.15) is 18.1 Å². The SMILES string of the molecule is O=C1CC[C@@H](C(=O)N[C@@H](Cc2cnc[nH]2)C(=O)N2CCC[C@H]2C(=O)Nc2ccc3ccccc3c2)N1. The van der Waals surface area contributed by atoms with E-state index in [4.69, 9.17) is 0 Å². The smallest absolute Gasteiger partial charge is 0.247 e. The Hall–Kier alpha value is -4.21. The Balaban J connectivity index is 1.30. The van der Waals surface area contributed by atoms with Crippen molar-refractivity contribution in [2.24, 2.45) is 0 Å². The van der Waals surface area contributed by atoms with Crippen LogP contribution >= 0.6 is 0 Å². The summed E-state index contributed by atoms with van der Waals surface area (Å²) in [5, 5.41) is 10.5. The van der Waals surface area contributed by atoms with E-state index in [1.807, 2.05) is 42.5 Å². The third-order valence-corrected chi connectivity index (χ3v) is 6.76. The molecule has 3 atom stereocenters. The Labute approximate surface area is 207 Å². The van der Waals surface area contributed by atoms with Gasteiger partial charge in [0.2, 0.25) is 23.6 Å². The summed E-state index contributed by atoms with van der Waals surface area (Å²) in [4.78, 5) is 59.7. The molecule has 0 spiro atoms. The first-order valence-corrected chi connectivity index (χ1v) is 12.1. The molecule has 36 heavy (non-hydrogen) atoms. The van der Waals surface area contributed by atoms with E-state index in [1.165, 1.54) is 6.33 Å². The van der Waals surface area contributed by atoms with Gasteiger partial charge in [-0.05, 0) is 42.2 Å². The van der Waals surface area contributed by atoms with Crippen LogP contribution in [0.4, 0.5) is 5.69 Å². The van der Waals surface area contributed by atoms with Crippen LogP contribution in [0.25, 0.3) is 10.8 Å². The van der Waals surface area contributed by atoms with E-state index in [1.54, 1.807) is 11.1 Å². The minimum absolute atomic E-state index is 0.184. The molecule has 0 saturated carbocycles. The molecule has 0 unspecified atom stereocenters. The molecule has 2 fully saturated rings. The largest absolute Gasteiger partial charge is 0.348 e. The Kier molecular flexibility index (Phi) is 6.66. The second-order valence-corrected chi connectivity index (χ2v) is 9.24. The number of nitrogens with one attached hydrogen (secondary N) is 4. The number of aromatic nitrogens is 2. The highest BCUT2D eigenvalue weighted by atomic mass is 16.2. The van der Waals surface area contributed by atoms with Crippen molar-refractivity contribution in [3.63, 3.8) is 0 Å². The number of benzene rings is 2. The van der Waals surface area contributed by atoms with Crippen LogP contribution in [0.15, 0.2) is 55.0 Å². The van der Waals surface area contributed by atoms with Crippen molar-refractivity contribution < 1.29 is 19.2 Å². The number of carbonyl (C=O) groups excluding carboxylic acids is 4. The lowest BCUT2D eigenvalue weighted by Gasteiger charge is -2.29. The number of nitrogens with zero attached hydrogens (tertiary/aromatic N) is 2. The molecule has 0 bridgehead atoms. The number of hydrogen-bond acceptors (Lipinski definition) is 5. The maximum Gasteiger partial charge on any atom is 0.247 e. The maximum absolute atomic E-state index is 13.6. The fourth-order valence-corrected chi connectivity index (χ4v) is 4.90.